The van der Waals surface area contributed by atoms with Crippen molar-refractivity contribution in [2.75, 3.05) is 13.1 Å². The summed E-state index contributed by atoms with van der Waals surface area (Å²) >= 11 is 0. The van der Waals surface area contributed by atoms with Gasteiger partial charge in [-0.05, 0) is 49.4 Å². The van der Waals surface area contributed by atoms with Gasteiger partial charge in [0.1, 0.15) is 0 Å². The van der Waals surface area contributed by atoms with Gasteiger partial charge in [0.25, 0.3) is 0 Å². The third-order valence-electron chi connectivity index (χ3n) is 4.03. The second-order valence-corrected chi connectivity index (χ2v) is 5.58. The van der Waals surface area contributed by atoms with Crippen LogP contribution in [0, 0.1) is 19.8 Å². The van der Waals surface area contributed by atoms with E-state index >= 15 is 0 Å². The van der Waals surface area contributed by atoms with Crippen LogP contribution in [-0.2, 0) is 6.54 Å². The van der Waals surface area contributed by atoms with Gasteiger partial charge in [0.15, 0.2) is 0 Å². The summed E-state index contributed by atoms with van der Waals surface area (Å²) < 4.78 is 0. The van der Waals surface area contributed by atoms with Crippen molar-refractivity contribution in [3.63, 3.8) is 0 Å². The highest BCUT2D eigenvalue weighted by molar-refractivity contribution is 5.29. The van der Waals surface area contributed by atoms with Gasteiger partial charge >= 0.3 is 0 Å². The van der Waals surface area contributed by atoms with Crippen LogP contribution in [0.5, 0.6) is 0 Å². The molecule has 1 aromatic carbocycles. The predicted octanol–water partition coefficient (Wildman–Crippen LogP) is 2.47. The van der Waals surface area contributed by atoms with Crippen molar-refractivity contribution in [1.82, 2.24) is 4.90 Å². The first-order valence-electron chi connectivity index (χ1n) is 6.60. The molecule has 1 saturated heterocycles. The standard InChI is InChI=1S/C15H24N2/c1-11-4-5-14(8-12(11)2)10-17-7-6-15(16)13(3)9-17/h4-5,8,13,15H,6-7,9-10,16H2,1-3H3. The molecule has 1 aliphatic heterocycles. The van der Waals surface area contributed by atoms with Gasteiger partial charge in [-0.2, -0.15) is 0 Å². The van der Waals surface area contributed by atoms with E-state index in [1.807, 2.05) is 0 Å². The van der Waals surface area contributed by atoms with Crippen molar-refractivity contribution in [3.05, 3.63) is 34.9 Å². The highest BCUT2D eigenvalue weighted by Gasteiger charge is 2.22. The molecular weight excluding hydrogens is 208 g/mol. The molecule has 2 N–H and O–H groups in total. The van der Waals surface area contributed by atoms with E-state index in [4.69, 9.17) is 5.73 Å². The first-order valence-corrected chi connectivity index (χ1v) is 6.60. The Morgan fingerprint density at radius 2 is 2.06 bits per heavy atom. The van der Waals surface area contributed by atoms with Crippen LogP contribution in [0.1, 0.15) is 30.0 Å². The molecule has 0 spiro atoms. The van der Waals surface area contributed by atoms with Gasteiger partial charge in [-0.15, -0.1) is 0 Å². The fourth-order valence-corrected chi connectivity index (χ4v) is 2.55. The maximum Gasteiger partial charge on any atom is 0.0233 e. The van der Waals surface area contributed by atoms with Crippen LogP contribution in [0.4, 0.5) is 0 Å². The summed E-state index contributed by atoms with van der Waals surface area (Å²) in [4.78, 5) is 2.53. The third-order valence-corrected chi connectivity index (χ3v) is 4.03. The summed E-state index contributed by atoms with van der Waals surface area (Å²) in [6, 6.07) is 7.19. The monoisotopic (exact) mass is 232 g/mol. The number of benzene rings is 1. The smallest absolute Gasteiger partial charge is 0.0233 e. The summed E-state index contributed by atoms with van der Waals surface area (Å²) in [5.41, 5.74) is 10.2. The number of hydrogen-bond donors (Lipinski definition) is 1. The molecule has 2 nitrogen and oxygen atoms in total. The molecule has 0 aliphatic carbocycles. The lowest BCUT2D eigenvalue weighted by molar-refractivity contribution is 0.158. The number of nitrogens with two attached hydrogens (primary N) is 1. The quantitative estimate of drug-likeness (QED) is 0.849. The van der Waals surface area contributed by atoms with Crippen LogP contribution in [0.2, 0.25) is 0 Å². The summed E-state index contributed by atoms with van der Waals surface area (Å²) in [6.45, 7) is 9.95. The van der Waals surface area contributed by atoms with Crippen LogP contribution >= 0.6 is 0 Å². The van der Waals surface area contributed by atoms with Crippen LogP contribution in [-0.4, -0.2) is 24.0 Å². The predicted molar refractivity (Wildman–Crippen MR) is 72.9 cm³/mol. The van der Waals surface area contributed by atoms with E-state index in [9.17, 15) is 0 Å². The van der Waals surface area contributed by atoms with Crippen molar-refractivity contribution in [2.24, 2.45) is 11.7 Å². The fraction of sp³-hybridized carbons (Fsp3) is 0.600. The van der Waals surface area contributed by atoms with E-state index in [-0.39, 0.29) is 0 Å². The van der Waals surface area contributed by atoms with E-state index in [1.165, 1.54) is 16.7 Å². The molecule has 1 aliphatic rings. The van der Waals surface area contributed by atoms with Crippen LogP contribution < -0.4 is 5.73 Å². The first-order chi connectivity index (χ1) is 8.06. The summed E-state index contributed by atoms with van der Waals surface area (Å²) in [5, 5.41) is 0. The molecule has 2 heteroatoms. The molecule has 1 aromatic rings. The molecule has 2 atom stereocenters. The van der Waals surface area contributed by atoms with Crippen LogP contribution in [0.15, 0.2) is 18.2 Å². The number of rotatable bonds is 2. The Balaban J connectivity index is 1.99. The zero-order valence-electron chi connectivity index (χ0n) is 11.2. The Morgan fingerprint density at radius 1 is 1.29 bits per heavy atom. The molecule has 0 saturated carbocycles. The SMILES string of the molecule is Cc1ccc(CN2CCC(N)C(C)C2)cc1C. The largest absolute Gasteiger partial charge is 0.327 e. The van der Waals surface area contributed by atoms with Crippen LogP contribution in [0.25, 0.3) is 0 Å². The van der Waals surface area contributed by atoms with Crippen molar-refractivity contribution < 1.29 is 0 Å². The number of nitrogens with zero attached hydrogens (tertiary/aromatic N) is 1. The third kappa shape index (κ3) is 3.08. The fourth-order valence-electron chi connectivity index (χ4n) is 2.55. The lowest BCUT2D eigenvalue weighted by atomic mass is 9.94. The Bertz CT molecular complexity index is 387. The van der Waals surface area contributed by atoms with Crippen molar-refractivity contribution in [3.8, 4) is 0 Å². The number of hydrogen-bond acceptors (Lipinski definition) is 2. The van der Waals surface area contributed by atoms with Crippen molar-refractivity contribution >= 4 is 0 Å². The average molecular weight is 232 g/mol. The minimum atomic E-state index is 0.394. The Morgan fingerprint density at radius 3 is 2.71 bits per heavy atom. The molecule has 0 radical (unpaired) electrons. The zero-order chi connectivity index (χ0) is 12.4. The van der Waals surface area contributed by atoms with E-state index in [2.05, 4.69) is 43.9 Å². The molecule has 94 valence electrons. The number of likely N-dealkylation sites (tertiary alicyclic amines) is 1. The lowest BCUT2D eigenvalue weighted by Gasteiger charge is -2.35. The highest BCUT2D eigenvalue weighted by atomic mass is 15.1. The summed E-state index contributed by atoms with van der Waals surface area (Å²) in [5.74, 6) is 0.621. The molecule has 1 fully saturated rings. The molecule has 2 unspecified atom stereocenters. The van der Waals surface area contributed by atoms with E-state index in [1.54, 1.807) is 0 Å². The van der Waals surface area contributed by atoms with Gasteiger partial charge in [-0.1, -0.05) is 25.1 Å². The van der Waals surface area contributed by atoms with Gasteiger partial charge in [0.2, 0.25) is 0 Å². The zero-order valence-corrected chi connectivity index (χ0v) is 11.2. The second kappa shape index (κ2) is 5.19. The van der Waals surface area contributed by atoms with Crippen molar-refractivity contribution in [1.29, 1.82) is 0 Å². The minimum Gasteiger partial charge on any atom is -0.327 e. The highest BCUT2D eigenvalue weighted by Crippen LogP contribution is 2.18. The molecule has 2 rings (SSSR count). The van der Waals surface area contributed by atoms with E-state index < -0.39 is 0 Å². The maximum absolute atomic E-state index is 6.05. The van der Waals surface area contributed by atoms with Gasteiger partial charge in [0.05, 0.1) is 0 Å². The van der Waals surface area contributed by atoms with Crippen LogP contribution in [0.3, 0.4) is 0 Å². The second-order valence-electron chi connectivity index (χ2n) is 5.58. The molecule has 17 heavy (non-hydrogen) atoms. The van der Waals surface area contributed by atoms with Gasteiger partial charge < -0.3 is 5.73 Å². The molecule has 1 heterocycles. The molecular formula is C15H24N2. The lowest BCUT2D eigenvalue weighted by Crippen LogP contribution is -2.45. The summed E-state index contributed by atoms with van der Waals surface area (Å²) in [6.07, 6.45) is 1.13. The van der Waals surface area contributed by atoms with E-state index in [0.717, 1.165) is 26.1 Å². The van der Waals surface area contributed by atoms with Gasteiger partial charge in [-0.25, -0.2) is 0 Å². The Kier molecular flexibility index (Phi) is 3.85. The number of piperidine rings is 1. The first kappa shape index (κ1) is 12.6. The summed E-state index contributed by atoms with van der Waals surface area (Å²) in [7, 11) is 0. The Labute approximate surface area is 105 Å². The molecule has 0 aromatic heterocycles. The van der Waals surface area contributed by atoms with E-state index in [0.29, 0.717) is 12.0 Å². The normalized spacial score (nSPS) is 26.1. The Hall–Kier alpha value is -0.860. The number of aryl methyl sites for hydroxylation is 2. The minimum absolute atomic E-state index is 0.394. The average Bonchev–Trinajstić information content (AvgIpc) is 2.29. The van der Waals surface area contributed by atoms with Gasteiger partial charge in [0, 0.05) is 19.1 Å². The maximum atomic E-state index is 6.05. The van der Waals surface area contributed by atoms with Gasteiger partial charge in [-0.3, -0.25) is 4.90 Å². The topological polar surface area (TPSA) is 29.3 Å². The molecule has 0 bridgehead atoms. The molecule has 0 amide bonds. The van der Waals surface area contributed by atoms with Crippen molar-refractivity contribution in [2.45, 2.75) is 39.8 Å².